The van der Waals surface area contributed by atoms with E-state index in [-0.39, 0.29) is 17.8 Å². The van der Waals surface area contributed by atoms with Crippen LogP contribution < -0.4 is 10.2 Å². The van der Waals surface area contributed by atoms with Crippen molar-refractivity contribution in [2.45, 2.75) is 6.61 Å². The molecule has 0 aliphatic carbocycles. The van der Waals surface area contributed by atoms with E-state index in [9.17, 15) is 9.59 Å². The molecule has 1 aromatic rings. The first kappa shape index (κ1) is 15.0. The molecule has 6 nitrogen and oxygen atoms in total. The Morgan fingerprint density at radius 3 is 2.58 bits per heavy atom. The van der Waals surface area contributed by atoms with E-state index in [0.29, 0.717) is 11.3 Å². The van der Waals surface area contributed by atoms with Gasteiger partial charge in [0.15, 0.2) is 5.75 Å². The molecule has 0 amide bonds. The number of pyridine rings is 1. The summed E-state index contributed by atoms with van der Waals surface area (Å²) in [5.41, 5.74) is 0.690. The van der Waals surface area contributed by atoms with Gasteiger partial charge in [0.25, 0.3) is 0 Å². The van der Waals surface area contributed by atoms with Crippen LogP contribution in [0, 0.1) is 0 Å². The predicted octanol–water partition coefficient (Wildman–Crippen LogP) is 0.726. The lowest BCUT2D eigenvalue weighted by molar-refractivity contribution is -0.134. The second kappa shape index (κ2) is 6.75. The minimum Gasteiger partial charge on any atom is -0.491 e. The maximum absolute atomic E-state index is 12.2. The van der Waals surface area contributed by atoms with Crippen molar-refractivity contribution in [1.29, 1.82) is 0 Å². The standard InChI is InChI=1S/C13H17NO5/c1-14-7-11(18-3)13(16)9(10(14)8-17-2)5-6-12(15)19-4/h5-7H,8H2,1-4H3/b6-5+. The summed E-state index contributed by atoms with van der Waals surface area (Å²) in [7, 11) is 5.99. The molecular formula is C13H17NO5. The highest BCUT2D eigenvalue weighted by Crippen LogP contribution is 2.13. The molecule has 0 fully saturated rings. The van der Waals surface area contributed by atoms with Crippen LogP contribution in [0.3, 0.4) is 0 Å². The molecule has 0 unspecified atom stereocenters. The first-order valence-corrected chi connectivity index (χ1v) is 5.56. The first-order valence-electron chi connectivity index (χ1n) is 5.56. The number of nitrogens with zero attached hydrogens (tertiary/aromatic N) is 1. The number of carbonyl (C=O) groups excluding carboxylic acids is 1. The summed E-state index contributed by atoms with van der Waals surface area (Å²) in [5, 5.41) is 0. The van der Waals surface area contributed by atoms with E-state index in [4.69, 9.17) is 9.47 Å². The molecule has 19 heavy (non-hydrogen) atoms. The Hall–Kier alpha value is -2.08. The molecule has 0 atom stereocenters. The molecular weight excluding hydrogens is 250 g/mol. The minimum absolute atomic E-state index is 0.201. The fraction of sp³-hybridized carbons (Fsp3) is 0.385. The summed E-state index contributed by atoms with van der Waals surface area (Å²) in [4.78, 5) is 23.3. The Labute approximate surface area is 111 Å². The molecule has 1 aromatic heterocycles. The molecule has 0 aliphatic heterocycles. The number of esters is 1. The van der Waals surface area contributed by atoms with Crippen molar-refractivity contribution < 1.29 is 19.0 Å². The maximum atomic E-state index is 12.2. The number of hydrogen-bond acceptors (Lipinski definition) is 5. The second-order valence-corrected chi connectivity index (χ2v) is 3.79. The number of aryl methyl sites for hydroxylation is 1. The summed E-state index contributed by atoms with van der Waals surface area (Å²) in [6.07, 6.45) is 4.17. The predicted molar refractivity (Wildman–Crippen MR) is 70.0 cm³/mol. The SMILES string of the molecule is COCc1c(/C=C/C(=O)OC)c(=O)c(OC)cn1C. The number of methoxy groups -OCH3 is 3. The van der Waals surface area contributed by atoms with Crippen LogP contribution in [0.15, 0.2) is 17.1 Å². The van der Waals surface area contributed by atoms with E-state index >= 15 is 0 Å². The van der Waals surface area contributed by atoms with Crippen LogP contribution in [-0.2, 0) is 27.9 Å². The number of rotatable bonds is 5. The number of hydrogen-bond donors (Lipinski definition) is 0. The lowest BCUT2D eigenvalue weighted by atomic mass is 10.1. The number of aromatic nitrogens is 1. The van der Waals surface area contributed by atoms with Crippen molar-refractivity contribution in [2.24, 2.45) is 7.05 Å². The molecule has 1 heterocycles. The van der Waals surface area contributed by atoms with Gasteiger partial charge in [0.2, 0.25) is 5.43 Å². The van der Waals surface area contributed by atoms with Gasteiger partial charge in [0.05, 0.1) is 32.7 Å². The zero-order chi connectivity index (χ0) is 14.4. The average Bonchev–Trinajstić information content (AvgIpc) is 2.41. The van der Waals surface area contributed by atoms with E-state index in [1.807, 2.05) is 0 Å². The molecule has 0 spiro atoms. The molecule has 6 heteroatoms. The normalized spacial score (nSPS) is 10.7. The Balaban J connectivity index is 3.39. The Bertz CT molecular complexity index is 545. The zero-order valence-corrected chi connectivity index (χ0v) is 11.4. The molecule has 0 radical (unpaired) electrons. The van der Waals surface area contributed by atoms with Crippen LogP contribution in [0.1, 0.15) is 11.3 Å². The third kappa shape index (κ3) is 3.45. The second-order valence-electron chi connectivity index (χ2n) is 3.79. The van der Waals surface area contributed by atoms with Gasteiger partial charge in [-0.05, 0) is 6.08 Å². The van der Waals surface area contributed by atoms with Crippen LogP contribution >= 0.6 is 0 Å². The van der Waals surface area contributed by atoms with Crippen molar-refractivity contribution in [3.63, 3.8) is 0 Å². The molecule has 1 rings (SSSR count). The van der Waals surface area contributed by atoms with Gasteiger partial charge in [0, 0.05) is 25.8 Å². The van der Waals surface area contributed by atoms with Crippen LogP contribution in [0.25, 0.3) is 6.08 Å². The maximum Gasteiger partial charge on any atom is 0.330 e. The fourth-order valence-corrected chi connectivity index (χ4v) is 1.62. The van der Waals surface area contributed by atoms with Gasteiger partial charge in [-0.3, -0.25) is 4.79 Å². The van der Waals surface area contributed by atoms with Crippen molar-refractivity contribution in [3.8, 4) is 5.75 Å². The zero-order valence-electron chi connectivity index (χ0n) is 11.4. The summed E-state index contributed by atoms with van der Waals surface area (Å²) in [5.74, 6) is -0.333. The number of carbonyl (C=O) groups is 1. The number of ether oxygens (including phenoxy) is 3. The highest BCUT2D eigenvalue weighted by atomic mass is 16.5. The van der Waals surface area contributed by atoms with Crippen LogP contribution in [0.2, 0.25) is 0 Å². The Morgan fingerprint density at radius 1 is 1.37 bits per heavy atom. The summed E-state index contributed by atoms with van der Waals surface area (Å²) < 4.78 is 16.3. The monoisotopic (exact) mass is 267 g/mol. The van der Waals surface area contributed by atoms with Crippen molar-refractivity contribution in [1.82, 2.24) is 4.57 Å². The van der Waals surface area contributed by atoms with Crippen LogP contribution in [0.5, 0.6) is 5.75 Å². The van der Waals surface area contributed by atoms with E-state index < -0.39 is 5.97 Å². The van der Waals surface area contributed by atoms with Crippen LogP contribution in [-0.4, -0.2) is 31.9 Å². The molecule has 0 bridgehead atoms. The van der Waals surface area contributed by atoms with Crippen molar-refractivity contribution in [2.75, 3.05) is 21.3 Å². The van der Waals surface area contributed by atoms with Gasteiger partial charge in [-0.25, -0.2) is 4.79 Å². The lowest BCUT2D eigenvalue weighted by Gasteiger charge is -2.13. The lowest BCUT2D eigenvalue weighted by Crippen LogP contribution is -2.18. The minimum atomic E-state index is -0.534. The van der Waals surface area contributed by atoms with Gasteiger partial charge in [-0.1, -0.05) is 0 Å². The topological polar surface area (TPSA) is 66.8 Å². The third-order valence-corrected chi connectivity index (χ3v) is 2.60. The molecule has 0 N–H and O–H groups in total. The van der Waals surface area contributed by atoms with Gasteiger partial charge in [0.1, 0.15) is 0 Å². The first-order chi connectivity index (χ1) is 9.04. The summed E-state index contributed by atoms with van der Waals surface area (Å²) >= 11 is 0. The molecule has 104 valence electrons. The summed E-state index contributed by atoms with van der Waals surface area (Å²) in [6.45, 7) is 0.247. The van der Waals surface area contributed by atoms with Gasteiger partial charge >= 0.3 is 5.97 Å². The van der Waals surface area contributed by atoms with Crippen LogP contribution in [0.4, 0.5) is 0 Å². The smallest absolute Gasteiger partial charge is 0.330 e. The van der Waals surface area contributed by atoms with Gasteiger partial charge in [-0.15, -0.1) is 0 Å². The summed E-state index contributed by atoms with van der Waals surface area (Å²) in [6, 6.07) is 0. The largest absolute Gasteiger partial charge is 0.491 e. The van der Waals surface area contributed by atoms with E-state index in [0.717, 1.165) is 0 Å². The Kier molecular flexibility index (Phi) is 5.32. The van der Waals surface area contributed by atoms with Gasteiger partial charge in [-0.2, -0.15) is 0 Å². The van der Waals surface area contributed by atoms with E-state index in [1.165, 1.54) is 33.5 Å². The van der Waals surface area contributed by atoms with Crippen molar-refractivity contribution >= 4 is 12.0 Å². The third-order valence-electron chi connectivity index (χ3n) is 2.60. The average molecular weight is 267 g/mol. The molecule has 0 aliphatic rings. The quantitative estimate of drug-likeness (QED) is 0.581. The molecule has 0 saturated heterocycles. The van der Waals surface area contributed by atoms with E-state index in [2.05, 4.69) is 4.74 Å². The van der Waals surface area contributed by atoms with E-state index in [1.54, 1.807) is 17.8 Å². The highest BCUT2D eigenvalue weighted by Gasteiger charge is 2.12. The highest BCUT2D eigenvalue weighted by molar-refractivity contribution is 5.87. The van der Waals surface area contributed by atoms with Crippen molar-refractivity contribution in [3.05, 3.63) is 33.8 Å². The fourth-order valence-electron chi connectivity index (χ4n) is 1.62. The molecule has 0 saturated carbocycles. The molecule has 0 aromatic carbocycles. The Morgan fingerprint density at radius 2 is 2.05 bits per heavy atom. The van der Waals surface area contributed by atoms with Gasteiger partial charge < -0.3 is 18.8 Å².